The summed E-state index contributed by atoms with van der Waals surface area (Å²) in [5, 5.41) is 2.82. The third-order valence-electron chi connectivity index (χ3n) is 4.08. The number of rotatable bonds is 6. The van der Waals surface area contributed by atoms with Crippen molar-refractivity contribution in [2.24, 2.45) is 0 Å². The summed E-state index contributed by atoms with van der Waals surface area (Å²) in [7, 11) is 0. The van der Waals surface area contributed by atoms with Crippen LogP contribution in [-0.2, 0) is 0 Å². The third-order valence-corrected chi connectivity index (χ3v) is 4.08. The molecule has 0 fully saturated rings. The molecule has 0 radical (unpaired) electrons. The summed E-state index contributed by atoms with van der Waals surface area (Å²) in [6.45, 7) is 8.46. The average Bonchev–Trinajstić information content (AvgIpc) is 2.63. The van der Waals surface area contributed by atoms with E-state index in [0.29, 0.717) is 17.7 Å². The van der Waals surface area contributed by atoms with Crippen LogP contribution < -0.4 is 10.2 Å². The van der Waals surface area contributed by atoms with E-state index < -0.39 is 0 Å². The highest BCUT2D eigenvalue weighted by molar-refractivity contribution is 5.95. The number of hydrogen-bond donors (Lipinski definition) is 1. The lowest BCUT2D eigenvalue weighted by molar-refractivity contribution is 0.0955. The first-order valence-electron chi connectivity index (χ1n) is 8.39. The topological polar surface area (TPSA) is 49.4 Å². The molecule has 25 heavy (non-hydrogen) atoms. The molecule has 0 heterocycles. The zero-order chi connectivity index (χ0) is 18.4. The van der Waals surface area contributed by atoms with E-state index in [0.717, 1.165) is 28.9 Å². The number of hydrogen-bond acceptors (Lipinski definition) is 3. The number of carbonyl (C=O) groups is 2. The number of carbonyl (C=O) groups excluding carboxylic acids is 2. The standard InChI is InChI=1S/C21H24N2O2/c1-5-16(4)23(20-12-17(14-24)11-10-15(20)3)19-9-7-8-18(13-19)21(25)22-6-2/h5,7-14H,6H2,1-4H3,(H,22,25)/b16-5-. The molecule has 4 heteroatoms. The lowest BCUT2D eigenvalue weighted by Gasteiger charge is -2.28. The van der Waals surface area contributed by atoms with Crippen molar-refractivity contribution < 1.29 is 9.59 Å². The second-order valence-corrected chi connectivity index (χ2v) is 5.84. The van der Waals surface area contributed by atoms with Gasteiger partial charge in [-0.1, -0.05) is 24.3 Å². The summed E-state index contributed by atoms with van der Waals surface area (Å²) in [6.07, 6.45) is 2.85. The Morgan fingerprint density at radius 3 is 2.60 bits per heavy atom. The predicted octanol–water partition coefficient (Wildman–Crippen LogP) is 4.62. The van der Waals surface area contributed by atoms with Gasteiger partial charge in [-0.25, -0.2) is 0 Å². The van der Waals surface area contributed by atoms with Crippen molar-refractivity contribution in [3.8, 4) is 0 Å². The van der Waals surface area contributed by atoms with Crippen molar-refractivity contribution in [1.82, 2.24) is 5.32 Å². The number of nitrogens with one attached hydrogen (secondary N) is 1. The zero-order valence-electron chi connectivity index (χ0n) is 15.2. The highest BCUT2D eigenvalue weighted by atomic mass is 16.1. The number of aldehydes is 1. The first-order chi connectivity index (χ1) is 12.0. The number of anilines is 2. The second kappa shape index (κ2) is 8.29. The van der Waals surface area contributed by atoms with E-state index in [1.165, 1.54) is 0 Å². The van der Waals surface area contributed by atoms with Crippen molar-refractivity contribution in [2.75, 3.05) is 11.4 Å². The van der Waals surface area contributed by atoms with E-state index in [1.807, 2.05) is 64.1 Å². The Bertz CT molecular complexity index is 809. The highest BCUT2D eigenvalue weighted by Gasteiger charge is 2.16. The molecule has 1 amide bonds. The molecule has 0 aliphatic carbocycles. The Kier molecular flexibility index (Phi) is 6.12. The van der Waals surface area contributed by atoms with Gasteiger partial charge in [-0.15, -0.1) is 0 Å². The SMILES string of the molecule is C/C=C(/C)N(c1cccc(C(=O)NCC)c1)c1cc(C=O)ccc1C. The average molecular weight is 336 g/mol. The van der Waals surface area contributed by atoms with Crippen LogP contribution in [0.3, 0.4) is 0 Å². The maximum Gasteiger partial charge on any atom is 0.251 e. The minimum atomic E-state index is -0.0965. The van der Waals surface area contributed by atoms with Gasteiger partial charge in [0.15, 0.2) is 0 Å². The minimum Gasteiger partial charge on any atom is -0.352 e. The lowest BCUT2D eigenvalue weighted by atomic mass is 10.1. The first kappa shape index (κ1) is 18.5. The van der Waals surface area contributed by atoms with Gasteiger partial charge < -0.3 is 10.2 Å². The lowest BCUT2D eigenvalue weighted by Crippen LogP contribution is -2.23. The van der Waals surface area contributed by atoms with Crippen LogP contribution in [0.25, 0.3) is 0 Å². The highest BCUT2D eigenvalue weighted by Crippen LogP contribution is 2.33. The molecule has 0 aromatic heterocycles. The molecule has 2 rings (SSSR count). The van der Waals surface area contributed by atoms with E-state index in [1.54, 1.807) is 12.1 Å². The quantitative estimate of drug-likeness (QED) is 0.783. The number of benzene rings is 2. The summed E-state index contributed by atoms with van der Waals surface area (Å²) in [6, 6.07) is 13.1. The molecule has 4 nitrogen and oxygen atoms in total. The molecular formula is C21H24N2O2. The summed E-state index contributed by atoms with van der Waals surface area (Å²) in [4.78, 5) is 25.4. The summed E-state index contributed by atoms with van der Waals surface area (Å²) in [5.74, 6) is -0.0965. The smallest absolute Gasteiger partial charge is 0.251 e. The Labute approximate surface area is 149 Å². The largest absolute Gasteiger partial charge is 0.352 e. The molecule has 0 aliphatic rings. The zero-order valence-corrected chi connectivity index (χ0v) is 15.2. The van der Waals surface area contributed by atoms with Gasteiger partial charge in [0.2, 0.25) is 0 Å². The van der Waals surface area contributed by atoms with E-state index in [4.69, 9.17) is 0 Å². The normalized spacial score (nSPS) is 11.1. The molecule has 0 saturated heterocycles. The van der Waals surface area contributed by atoms with Crippen molar-refractivity contribution in [3.05, 3.63) is 70.9 Å². The molecule has 2 aromatic rings. The van der Waals surface area contributed by atoms with Gasteiger partial charge >= 0.3 is 0 Å². The maximum atomic E-state index is 12.2. The Balaban J connectivity index is 2.58. The molecule has 0 bridgehead atoms. The number of allylic oxidation sites excluding steroid dienone is 2. The summed E-state index contributed by atoms with van der Waals surface area (Å²) in [5.41, 5.74) is 5.10. The minimum absolute atomic E-state index is 0.0965. The Hall–Kier alpha value is -2.88. The maximum absolute atomic E-state index is 12.2. The van der Waals surface area contributed by atoms with Crippen LogP contribution in [0, 0.1) is 6.92 Å². The van der Waals surface area contributed by atoms with Gasteiger partial charge in [-0.05, 0) is 57.5 Å². The molecule has 0 unspecified atom stereocenters. The predicted molar refractivity (Wildman–Crippen MR) is 103 cm³/mol. The number of nitrogens with zero attached hydrogens (tertiary/aromatic N) is 1. The van der Waals surface area contributed by atoms with E-state index >= 15 is 0 Å². The molecule has 0 spiro atoms. The number of amides is 1. The van der Waals surface area contributed by atoms with Gasteiger partial charge in [0.25, 0.3) is 5.91 Å². The molecule has 1 N–H and O–H groups in total. The van der Waals surface area contributed by atoms with Crippen LogP contribution in [0.15, 0.2) is 54.2 Å². The van der Waals surface area contributed by atoms with Crippen LogP contribution in [0.2, 0.25) is 0 Å². The van der Waals surface area contributed by atoms with Gasteiger partial charge in [-0.3, -0.25) is 9.59 Å². The Morgan fingerprint density at radius 2 is 1.96 bits per heavy atom. The third kappa shape index (κ3) is 4.15. The first-order valence-corrected chi connectivity index (χ1v) is 8.39. The Morgan fingerprint density at radius 1 is 1.20 bits per heavy atom. The fourth-order valence-electron chi connectivity index (χ4n) is 2.65. The summed E-state index contributed by atoms with van der Waals surface area (Å²) >= 11 is 0. The van der Waals surface area contributed by atoms with Crippen LogP contribution in [-0.4, -0.2) is 18.7 Å². The number of aryl methyl sites for hydroxylation is 1. The molecule has 0 atom stereocenters. The molecule has 130 valence electrons. The van der Waals surface area contributed by atoms with Gasteiger partial charge in [0, 0.05) is 34.7 Å². The van der Waals surface area contributed by atoms with Crippen LogP contribution in [0.1, 0.15) is 47.1 Å². The van der Waals surface area contributed by atoms with E-state index in [9.17, 15) is 9.59 Å². The van der Waals surface area contributed by atoms with Gasteiger partial charge in [0.05, 0.1) is 0 Å². The summed E-state index contributed by atoms with van der Waals surface area (Å²) < 4.78 is 0. The van der Waals surface area contributed by atoms with Gasteiger partial charge in [-0.2, -0.15) is 0 Å². The van der Waals surface area contributed by atoms with E-state index in [2.05, 4.69) is 10.2 Å². The molecule has 0 saturated carbocycles. The van der Waals surface area contributed by atoms with Crippen LogP contribution in [0.5, 0.6) is 0 Å². The monoisotopic (exact) mass is 336 g/mol. The van der Waals surface area contributed by atoms with Crippen molar-refractivity contribution in [2.45, 2.75) is 27.7 Å². The van der Waals surface area contributed by atoms with Crippen molar-refractivity contribution in [3.63, 3.8) is 0 Å². The molecular weight excluding hydrogens is 312 g/mol. The van der Waals surface area contributed by atoms with Crippen LogP contribution >= 0.6 is 0 Å². The van der Waals surface area contributed by atoms with E-state index in [-0.39, 0.29) is 5.91 Å². The van der Waals surface area contributed by atoms with Crippen molar-refractivity contribution >= 4 is 23.6 Å². The molecule has 2 aromatic carbocycles. The van der Waals surface area contributed by atoms with Crippen molar-refractivity contribution in [1.29, 1.82) is 0 Å². The fraction of sp³-hybridized carbons (Fsp3) is 0.238. The van der Waals surface area contributed by atoms with Gasteiger partial charge in [0.1, 0.15) is 6.29 Å². The molecule has 0 aliphatic heterocycles. The fourth-order valence-corrected chi connectivity index (χ4v) is 2.65. The second-order valence-electron chi connectivity index (χ2n) is 5.84. The van der Waals surface area contributed by atoms with Crippen LogP contribution in [0.4, 0.5) is 11.4 Å².